The van der Waals surface area contributed by atoms with Crippen molar-refractivity contribution in [2.45, 2.75) is 6.54 Å². The van der Waals surface area contributed by atoms with Gasteiger partial charge in [0.15, 0.2) is 5.65 Å². The van der Waals surface area contributed by atoms with Gasteiger partial charge in [0.25, 0.3) is 0 Å². The molecule has 2 heterocycles. The molecule has 14 heavy (non-hydrogen) atoms. The van der Waals surface area contributed by atoms with Crippen molar-refractivity contribution in [2.24, 2.45) is 5.73 Å². The molecule has 0 aliphatic heterocycles. The second-order valence-corrected chi connectivity index (χ2v) is 2.97. The number of methoxy groups -OCH3 is 1. The molecular formula is C10H11N3O. The van der Waals surface area contributed by atoms with Gasteiger partial charge in [0, 0.05) is 18.1 Å². The average Bonchev–Trinajstić information content (AvgIpc) is 2.27. The lowest BCUT2D eigenvalue weighted by Crippen LogP contribution is -1.97. The summed E-state index contributed by atoms with van der Waals surface area (Å²) in [5.74, 6) is 0.730. The van der Waals surface area contributed by atoms with E-state index in [2.05, 4.69) is 9.97 Å². The van der Waals surface area contributed by atoms with E-state index in [-0.39, 0.29) is 0 Å². The number of aromatic nitrogens is 2. The van der Waals surface area contributed by atoms with Crippen molar-refractivity contribution in [3.8, 4) is 5.75 Å². The Morgan fingerprint density at radius 2 is 2.07 bits per heavy atom. The van der Waals surface area contributed by atoms with Crippen LogP contribution in [0.3, 0.4) is 0 Å². The van der Waals surface area contributed by atoms with Gasteiger partial charge in [-0.1, -0.05) is 0 Å². The maximum absolute atomic E-state index is 5.52. The quantitative estimate of drug-likeness (QED) is 0.768. The van der Waals surface area contributed by atoms with Gasteiger partial charge in [0.2, 0.25) is 0 Å². The molecule has 0 amide bonds. The summed E-state index contributed by atoms with van der Waals surface area (Å²) in [7, 11) is 1.61. The number of fused-ring (bicyclic) bond motifs is 1. The lowest BCUT2D eigenvalue weighted by molar-refractivity contribution is 0.413. The van der Waals surface area contributed by atoms with Crippen LogP contribution in [0.25, 0.3) is 11.0 Å². The fourth-order valence-corrected chi connectivity index (χ4v) is 1.27. The van der Waals surface area contributed by atoms with Crippen molar-refractivity contribution in [3.63, 3.8) is 0 Å². The van der Waals surface area contributed by atoms with Crippen LogP contribution in [0.2, 0.25) is 0 Å². The molecule has 0 saturated carbocycles. The van der Waals surface area contributed by atoms with Gasteiger partial charge in [0.1, 0.15) is 5.75 Å². The highest BCUT2D eigenvalue weighted by Gasteiger charge is 1.99. The zero-order chi connectivity index (χ0) is 9.97. The van der Waals surface area contributed by atoms with Crippen LogP contribution in [0.15, 0.2) is 24.5 Å². The molecule has 0 atom stereocenters. The minimum Gasteiger partial charge on any atom is -0.495 e. The lowest BCUT2D eigenvalue weighted by Gasteiger charge is -2.02. The Kier molecular flexibility index (Phi) is 2.28. The normalized spacial score (nSPS) is 10.4. The molecule has 0 fully saturated rings. The Labute approximate surface area is 81.7 Å². The fourth-order valence-electron chi connectivity index (χ4n) is 1.27. The van der Waals surface area contributed by atoms with Crippen molar-refractivity contribution in [2.75, 3.05) is 7.11 Å². The van der Waals surface area contributed by atoms with Gasteiger partial charge in [-0.05, 0) is 17.7 Å². The average molecular weight is 189 g/mol. The molecule has 4 heteroatoms. The van der Waals surface area contributed by atoms with Crippen molar-refractivity contribution in [3.05, 3.63) is 30.1 Å². The van der Waals surface area contributed by atoms with Gasteiger partial charge in [0.05, 0.1) is 13.3 Å². The van der Waals surface area contributed by atoms with Gasteiger partial charge in [-0.15, -0.1) is 0 Å². The van der Waals surface area contributed by atoms with Crippen LogP contribution in [0.1, 0.15) is 5.56 Å². The molecule has 0 radical (unpaired) electrons. The van der Waals surface area contributed by atoms with Gasteiger partial charge in [-0.3, -0.25) is 0 Å². The summed E-state index contributed by atoms with van der Waals surface area (Å²) in [6.07, 6.45) is 3.39. The number of ether oxygens (including phenoxy) is 1. The second-order valence-electron chi connectivity index (χ2n) is 2.97. The Morgan fingerprint density at radius 3 is 2.79 bits per heavy atom. The zero-order valence-corrected chi connectivity index (χ0v) is 7.90. The highest BCUT2D eigenvalue weighted by atomic mass is 16.5. The summed E-state index contributed by atoms with van der Waals surface area (Å²) in [6.45, 7) is 0.486. The number of hydrogen-bond donors (Lipinski definition) is 1. The van der Waals surface area contributed by atoms with Gasteiger partial charge in [-0.2, -0.15) is 0 Å². The largest absolute Gasteiger partial charge is 0.495 e. The van der Waals surface area contributed by atoms with Crippen LogP contribution in [-0.4, -0.2) is 17.1 Å². The van der Waals surface area contributed by atoms with E-state index in [0.717, 1.165) is 16.7 Å². The van der Waals surface area contributed by atoms with E-state index < -0.39 is 0 Å². The molecule has 0 unspecified atom stereocenters. The van der Waals surface area contributed by atoms with Crippen LogP contribution in [0.4, 0.5) is 0 Å². The first-order valence-electron chi connectivity index (χ1n) is 4.32. The molecule has 0 spiro atoms. The van der Waals surface area contributed by atoms with Crippen LogP contribution in [-0.2, 0) is 6.54 Å². The summed E-state index contributed by atoms with van der Waals surface area (Å²) >= 11 is 0. The third-order valence-electron chi connectivity index (χ3n) is 2.03. The summed E-state index contributed by atoms with van der Waals surface area (Å²) in [5.41, 5.74) is 7.22. The summed E-state index contributed by atoms with van der Waals surface area (Å²) in [6, 6.07) is 3.87. The first kappa shape index (κ1) is 8.90. The van der Waals surface area contributed by atoms with E-state index in [1.165, 1.54) is 0 Å². The molecule has 0 bridgehead atoms. The molecular weight excluding hydrogens is 178 g/mol. The minimum absolute atomic E-state index is 0.486. The fraction of sp³-hybridized carbons (Fsp3) is 0.200. The van der Waals surface area contributed by atoms with Crippen LogP contribution >= 0.6 is 0 Å². The smallest absolute Gasteiger partial charge is 0.159 e. The number of pyridine rings is 2. The van der Waals surface area contributed by atoms with E-state index in [0.29, 0.717) is 12.2 Å². The number of hydrogen-bond acceptors (Lipinski definition) is 4. The number of nitrogens with zero attached hydrogens (tertiary/aromatic N) is 2. The topological polar surface area (TPSA) is 61.0 Å². The van der Waals surface area contributed by atoms with Crippen molar-refractivity contribution < 1.29 is 4.74 Å². The molecule has 0 aliphatic carbocycles. The molecule has 2 N–H and O–H groups in total. The third-order valence-corrected chi connectivity index (χ3v) is 2.03. The summed E-state index contributed by atoms with van der Waals surface area (Å²) in [5, 5.41) is 0.951. The predicted molar refractivity (Wildman–Crippen MR) is 54.0 cm³/mol. The first-order valence-corrected chi connectivity index (χ1v) is 4.32. The standard InChI is InChI=1S/C10H11N3O/c1-14-9-3-8-2-7(4-11)5-12-10(8)13-6-9/h2-3,5-6H,4,11H2,1H3. The van der Waals surface area contributed by atoms with Crippen molar-refractivity contribution in [1.82, 2.24) is 9.97 Å². The summed E-state index contributed by atoms with van der Waals surface area (Å²) in [4.78, 5) is 8.33. The van der Waals surface area contributed by atoms with Crippen LogP contribution < -0.4 is 10.5 Å². The van der Waals surface area contributed by atoms with Crippen LogP contribution in [0.5, 0.6) is 5.75 Å². The Hall–Kier alpha value is -1.68. The first-order chi connectivity index (χ1) is 6.83. The van der Waals surface area contributed by atoms with E-state index in [9.17, 15) is 0 Å². The van der Waals surface area contributed by atoms with Crippen molar-refractivity contribution in [1.29, 1.82) is 0 Å². The van der Waals surface area contributed by atoms with E-state index in [4.69, 9.17) is 10.5 Å². The monoisotopic (exact) mass is 189 g/mol. The van der Waals surface area contributed by atoms with E-state index >= 15 is 0 Å². The SMILES string of the molecule is COc1cnc2ncc(CN)cc2c1. The van der Waals surface area contributed by atoms with E-state index in [1.54, 1.807) is 19.5 Å². The Balaban J connectivity index is 2.60. The third kappa shape index (κ3) is 1.52. The maximum atomic E-state index is 5.52. The highest BCUT2D eigenvalue weighted by molar-refractivity contribution is 5.76. The van der Waals surface area contributed by atoms with Crippen molar-refractivity contribution >= 4 is 11.0 Å². The highest BCUT2D eigenvalue weighted by Crippen LogP contribution is 2.17. The number of rotatable bonds is 2. The molecule has 2 aromatic heterocycles. The molecule has 4 nitrogen and oxygen atoms in total. The minimum atomic E-state index is 0.486. The number of nitrogens with two attached hydrogens (primary N) is 1. The Bertz CT molecular complexity index is 417. The molecule has 2 rings (SSSR count). The molecule has 0 saturated heterocycles. The molecule has 2 aromatic rings. The van der Waals surface area contributed by atoms with Gasteiger partial charge in [-0.25, -0.2) is 9.97 Å². The molecule has 72 valence electrons. The van der Waals surface area contributed by atoms with Gasteiger partial charge >= 0.3 is 0 Å². The second kappa shape index (κ2) is 3.59. The van der Waals surface area contributed by atoms with E-state index in [1.807, 2.05) is 12.1 Å². The summed E-state index contributed by atoms with van der Waals surface area (Å²) < 4.78 is 5.07. The van der Waals surface area contributed by atoms with Crippen LogP contribution in [0, 0.1) is 0 Å². The molecule has 0 aliphatic rings. The maximum Gasteiger partial charge on any atom is 0.159 e. The Morgan fingerprint density at radius 1 is 1.29 bits per heavy atom. The predicted octanol–water partition coefficient (Wildman–Crippen LogP) is 1.10. The zero-order valence-electron chi connectivity index (χ0n) is 7.90. The molecule has 0 aromatic carbocycles. The lowest BCUT2D eigenvalue weighted by atomic mass is 10.2. The van der Waals surface area contributed by atoms with Gasteiger partial charge < -0.3 is 10.5 Å².